The first kappa shape index (κ1) is 31.7. The molecule has 3 aromatic carbocycles. The largest absolute Gasteiger partial charge is 0.305 e. The van der Waals surface area contributed by atoms with Crippen LogP contribution in [-0.2, 0) is 26.5 Å². The van der Waals surface area contributed by atoms with Crippen molar-refractivity contribution in [2.45, 2.75) is 51.7 Å². The van der Waals surface area contributed by atoms with Gasteiger partial charge in [-0.2, -0.15) is 0 Å². The second-order valence-corrected chi connectivity index (χ2v) is 16.9. The minimum Gasteiger partial charge on any atom is -0.305 e. The zero-order valence-corrected chi connectivity index (χ0v) is 27.9. The maximum atomic E-state index is 12.8. The Labute approximate surface area is 264 Å². The monoisotopic (exact) mass is 749 g/mol. The number of rotatable bonds is 6. The third-order valence-electron chi connectivity index (χ3n) is 7.69. The van der Waals surface area contributed by atoms with E-state index in [1.807, 2.05) is 60.8 Å². The molecule has 0 N–H and O–H groups in total. The third kappa shape index (κ3) is 8.41. The van der Waals surface area contributed by atoms with E-state index in [0.29, 0.717) is 0 Å². The van der Waals surface area contributed by atoms with Crippen LogP contribution < -0.4 is 5.19 Å². The Morgan fingerprint density at radius 1 is 0.762 bits per heavy atom. The topological polar surface area (TPSA) is 25.8 Å². The zero-order valence-electron chi connectivity index (χ0n) is 24.5. The molecular formula is C37H37FIrN2Si-2. The summed E-state index contributed by atoms with van der Waals surface area (Å²) in [4.78, 5) is 9.16. The van der Waals surface area contributed by atoms with Crippen LogP contribution in [0.4, 0.5) is 4.39 Å². The predicted molar refractivity (Wildman–Crippen MR) is 171 cm³/mol. The van der Waals surface area contributed by atoms with Crippen molar-refractivity contribution >= 4 is 13.3 Å². The Hall–Kier alpha value is -3.24. The Kier molecular flexibility index (Phi) is 11.1. The van der Waals surface area contributed by atoms with Crippen molar-refractivity contribution < 1.29 is 24.5 Å². The molecule has 0 amide bonds. The summed E-state index contributed by atoms with van der Waals surface area (Å²) < 4.78 is 12.8. The quantitative estimate of drug-likeness (QED) is 0.128. The number of pyridine rings is 2. The first-order valence-corrected chi connectivity index (χ1v) is 18.0. The fourth-order valence-electron chi connectivity index (χ4n) is 5.49. The van der Waals surface area contributed by atoms with Crippen molar-refractivity contribution in [3.63, 3.8) is 0 Å². The van der Waals surface area contributed by atoms with Crippen LogP contribution in [0, 0.1) is 23.9 Å². The molecule has 5 heteroatoms. The maximum absolute atomic E-state index is 12.8. The van der Waals surface area contributed by atoms with E-state index in [9.17, 15) is 4.39 Å². The number of hydrogen-bond donors (Lipinski definition) is 0. The van der Waals surface area contributed by atoms with Crippen molar-refractivity contribution in [1.29, 1.82) is 0 Å². The van der Waals surface area contributed by atoms with Gasteiger partial charge in [-0.3, -0.25) is 4.39 Å². The van der Waals surface area contributed by atoms with Crippen LogP contribution in [0.15, 0.2) is 103 Å². The second-order valence-electron chi connectivity index (χ2n) is 11.8. The van der Waals surface area contributed by atoms with Gasteiger partial charge in [-0.15, -0.1) is 65.7 Å². The molecule has 1 aliphatic rings. The normalized spacial score (nSPS) is 13.1. The van der Waals surface area contributed by atoms with E-state index in [1.54, 1.807) is 16.8 Å². The van der Waals surface area contributed by atoms with Crippen LogP contribution in [0.2, 0.25) is 19.6 Å². The van der Waals surface area contributed by atoms with E-state index in [0.717, 1.165) is 39.6 Å². The number of benzene rings is 3. The van der Waals surface area contributed by atoms with Gasteiger partial charge in [-0.1, -0.05) is 99.4 Å². The molecule has 2 aromatic heterocycles. The van der Waals surface area contributed by atoms with Crippen molar-refractivity contribution in [3.8, 4) is 33.6 Å². The molecule has 1 saturated carbocycles. The molecule has 42 heavy (non-hydrogen) atoms. The number of hydrogen-bond acceptors (Lipinski definition) is 2. The molecule has 6 rings (SSSR count). The van der Waals surface area contributed by atoms with Crippen molar-refractivity contribution in [1.82, 2.24) is 9.97 Å². The van der Waals surface area contributed by atoms with E-state index >= 15 is 0 Å². The summed E-state index contributed by atoms with van der Waals surface area (Å²) in [6, 6.07) is 35.1. The molecule has 1 radical (unpaired) electrons. The Bertz CT molecular complexity index is 1530. The summed E-state index contributed by atoms with van der Waals surface area (Å²) >= 11 is 0. The summed E-state index contributed by atoms with van der Waals surface area (Å²) in [7, 11) is -1.35. The number of nitrogens with zero attached hydrogens (tertiary/aromatic N) is 2. The number of aromatic nitrogens is 2. The van der Waals surface area contributed by atoms with E-state index < -0.39 is 8.07 Å². The maximum Gasteiger partial charge on any atom is 0.0798 e. The van der Waals surface area contributed by atoms with Gasteiger partial charge >= 0.3 is 0 Å². The van der Waals surface area contributed by atoms with Crippen LogP contribution in [-0.4, -0.2) is 18.0 Å². The Morgan fingerprint density at radius 2 is 1.48 bits per heavy atom. The predicted octanol–water partition coefficient (Wildman–Crippen LogP) is 9.18. The fourth-order valence-corrected chi connectivity index (χ4v) is 7.08. The van der Waals surface area contributed by atoms with Gasteiger partial charge in [0.2, 0.25) is 0 Å². The van der Waals surface area contributed by atoms with Crippen LogP contribution in [0.5, 0.6) is 0 Å². The molecule has 0 bridgehead atoms. The first-order valence-electron chi connectivity index (χ1n) is 14.5. The Morgan fingerprint density at radius 3 is 2.10 bits per heavy atom. The molecule has 5 aromatic rings. The molecule has 0 spiro atoms. The molecule has 0 atom stereocenters. The second kappa shape index (κ2) is 14.8. The molecule has 0 saturated heterocycles. The third-order valence-corrected chi connectivity index (χ3v) is 9.75. The van der Waals surface area contributed by atoms with Gasteiger partial charge in [-0.05, 0) is 40.0 Å². The van der Waals surface area contributed by atoms with Gasteiger partial charge in [0, 0.05) is 38.3 Å². The van der Waals surface area contributed by atoms with Crippen molar-refractivity contribution in [2.24, 2.45) is 5.92 Å². The van der Waals surface area contributed by atoms with Gasteiger partial charge in [0.1, 0.15) is 0 Å². The standard InChI is InChI=1S/C20H26NSi.C17H11FN.Ir/c1-22(2,3)20-15-21-19(17-11-5-4-6-12-17)14-18(20)13-16-9-7-8-10-16;18-16-9-6-14(7-10-16)17-11-8-15(12-19-17)13-4-2-1-3-5-13;/h4-6,11,14-16H,7-10,13H2,1-3H3;1-6,8-12H;/q2*-1;. The zero-order chi connectivity index (χ0) is 28.7. The minimum absolute atomic E-state index is 0. The first-order chi connectivity index (χ1) is 19.9. The van der Waals surface area contributed by atoms with Gasteiger partial charge in [0.05, 0.1) is 8.07 Å². The summed E-state index contributed by atoms with van der Waals surface area (Å²) in [6.45, 7) is 7.28. The van der Waals surface area contributed by atoms with Crippen LogP contribution in [0.1, 0.15) is 31.2 Å². The average Bonchev–Trinajstić information content (AvgIpc) is 3.51. The van der Waals surface area contributed by atoms with Crippen molar-refractivity contribution in [3.05, 3.63) is 127 Å². The molecule has 0 aliphatic heterocycles. The molecule has 2 heterocycles. The number of halogens is 1. The van der Waals surface area contributed by atoms with Crippen LogP contribution >= 0.6 is 0 Å². The molecule has 217 valence electrons. The van der Waals surface area contributed by atoms with Gasteiger partial charge in [0.25, 0.3) is 0 Å². The smallest absolute Gasteiger partial charge is 0.0798 e. The van der Waals surface area contributed by atoms with E-state index in [-0.39, 0.29) is 25.9 Å². The van der Waals surface area contributed by atoms with E-state index in [4.69, 9.17) is 4.98 Å². The van der Waals surface area contributed by atoms with Gasteiger partial charge in [-0.25, -0.2) is 0 Å². The molecule has 0 unspecified atom stereocenters. The van der Waals surface area contributed by atoms with E-state index in [2.05, 4.69) is 61.2 Å². The molecule has 1 aliphatic carbocycles. The average molecular weight is 749 g/mol. The van der Waals surface area contributed by atoms with Gasteiger partial charge < -0.3 is 9.97 Å². The van der Waals surface area contributed by atoms with Crippen LogP contribution in [0.25, 0.3) is 33.6 Å². The summed E-state index contributed by atoms with van der Waals surface area (Å²) in [5, 5.41) is 1.54. The summed E-state index contributed by atoms with van der Waals surface area (Å²) in [6.07, 6.45) is 10.9. The van der Waals surface area contributed by atoms with Gasteiger partial charge in [0.15, 0.2) is 0 Å². The molecule has 2 nitrogen and oxygen atoms in total. The SMILES string of the molecule is C[Si](C)(C)c1cnc(-c2[c-]cccc2)cc1CC1CCCC1.Fc1c[c-]c(-c2ccc(-c3ccccc3)cn2)cc1.[Ir]. The summed E-state index contributed by atoms with van der Waals surface area (Å²) in [5.74, 6) is 0.592. The van der Waals surface area contributed by atoms with Crippen molar-refractivity contribution in [2.75, 3.05) is 0 Å². The fraction of sp³-hybridized carbons (Fsp3) is 0.243. The summed E-state index contributed by atoms with van der Waals surface area (Å²) in [5.41, 5.74) is 7.51. The minimum atomic E-state index is -1.35. The van der Waals surface area contributed by atoms with E-state index in [1.165, 1.54) is 44.2 Å². The Balaban J connectivity index is 0.000000190. The van der Waals surface area contributed by atoms with Crippen LogP contribution in [0.3, 0.4) is 0 Å². The molecular weight excluding hydrogens is 712 g/mol. The molecule has 1 fully saturated rings.